The van der Waals surface area contributed by atoms with Gasteiger partial charge in [0.1, 0.15) is 0 Å². The SMILES string of the molecule is CC1CCN(C(=O)CCC[C@@H](Cc2ccccn2)N(C(=O)O)C(=O)O)CC1. The van der Waals surface area contributed by atoms with Crippen molar-refractivity contribution in [2.45, 2.75) is 51.5 Å². The van der Waals surface area contributed by atoms with Crippen LogP contribution in [0.5, 0.6) is 0 Å². The molecule has 8 heteroatoms. The number of amides is 3. The normalized spacial score (nSPS) is 16.0. The van der Waals surface area contributed by atoms with Gasteiger partial charge in [0.15, 0.2) is 0 Å². The van der Waals surface area contributed by atoms with Gasteiger partial charge in [-0.15, -0.1) is 0 Å². The molecular weight excluding hydrogens is 350 g/mol. The van der Waals surface area contributed by atoms with Crippen molar-refractivity contribution in [3.63, 3.8) is 0 Å². The van der Waals surface area contributed by atoms with Gasteiger partial charge < -0.3 is 15.1 Å². The van der Waals surface area contributed by atoms with Gasteiger partial charge in [0.05, 0.1) is 6.04 Å². The van der Waals surface area contributed by atoms with Crippen molar-refractivity contribution < 1.29 is 24.6 Å². The molecule has 148 valence electrons. The number of likely N-dealkylation sites (tertiary alicyclic amines) is 1. The molecule has 0 aliphatic carbocycles. The Morgan fingerprint density at radius 2 is 1.89 bits per heavy atom. The van der Waals surface area contributed by atoms with E-state index in [0.717, 1.165) is 25.9 Å². The zero-order chi connectivity index (χ0) is 19.8. The molecule has 1 atom stereocenters. The second-order valence-corrected chi connectivity index (χ2v) is 7.07. The van der Waals surface area contributed by atoms with E-state index < -0.39 is 18.2 Å². The zero-order valence-electron chi connectivity index (χ0n) is 15.6. The number of imide groups is 1. The van der Waals surface area contributed by atoms with Crippen molar-refractivity contribution in [2.75, 3.05) is 13.1 Å². The molecule has 0 saturated carbocycles. The fourth-order valence-corrected chi connectivity index (χ4v) is 3.38. The molecule has 0 unspecified atom stereocenters. The molecule has 1 aliphatic heterocycles. The van der Waals surface area contributed by atoms with Crippen LogP contribution in [-0.4, -0.2) is 62.2 Å². The average Bonchev–Trinajstić information content (AvgIpc) is 2.62. The van der Waals surface area contributed by atoms with Gasteiger partial charge in [-0.2, -0.15) is 0 Å². The van der Waals surface area contributed by atoms with Crippen LogP contribution in [0.15, 0.2) is 24.4 Å². The lowest BCUT2D eigenvalue weighted by Crippen LogP contribution is -2.44. The molecule has 1 fully saturated rings. The first-order valence-corrected chi connectivity index (χ1v) is 9.31. The minimum Gasteiger partial charge on any atom is -0.465 e. The molecule has 3 amide bonds. The molecular formula is C19H27N3O5. The average molecular weight is 377 g/mol. The van der Waals surface area contributed by atoms with Crippen molar-refractivity contribution in [2.24, 2.45) is 5.92 Å². The number of nitrogens with zero attached hydrogens (tertiary/aromatic N) is 3. The molecule has 1 aliphatic rings. The standard InChI is InChI=1S/C19H27N3O5/c1-14-8-11-21(12-9-14)17(23)7-4-6-16(22(18(24)25)19(26)27)13-15-5-2-3-10-20-15/h2-3,5,10,14,16H,4,6-9,11-13H2,1H3,(H,24,25)(H,26,27)/t16-/m0/s1. The Morgan fingerprint density at radius 3 is 2.44 bits per heavy atom. The summed E-state index contributed by atoms with van der Waals surface area (Å²) in [6.07, 6.45) is 1.75. The molecule has 27 heavy (non-hydrogen) atoms. The quantitative estimate of drug-likeness (QED) is 0.755. The highest BCUT2D eigenvalue weighted by atomic mass is 16.4. The van der Waals surface area contributed by atoms with Gasteiger partial charge in [-0.25, -0.2) is 14.5 Å². The fourth-order valence-electron chi connectivity index (χ4n) is 3.38. The Hall–Kier alpha value is -2.64. The summed E-state index contributed by atoms with van der Waals surface area (Å²) in [7, 11) is 0. The minimum atomic E-state index is -1.51. The van der Waals surface area contributed by atoms with Crippen LogP contribution in [0.3, 0.4) is 0 Å². The number of carbonyl (C=O) groups is 3. The number of aromatic nitrogens is 1. The molecule has 0 aromatic carbocycles. The van der Waals surface area contributed by atoms with Gasteiger partial charge in [0.2, 0.25) is 5.91 Å². The molecule has 8 nitrogen and oxygen atoms in total. The Bertz CT molecular complexity index is 630. The van der Waals surface area contributed by atoms with Gasteiger partial charge >= 0.3 is 12.2 Å². The highest BCUT2D eigenvalue weighted by molar-refractivity contribution is 5.86. The Kier molecular flexibility index (Phi) is 7.57. The van der Waals surface area contributed by atoms with E-state index in [2.05, 4.69) is 11.9 Å². The second-order valence-electron chi connectivity index (χ2n) is 7.07. The number of hydrogen-bond acceptors (Lipinski definition) is 4. The number of pyridine rings is 1. The molecule has 1 aromatic heterocycles. The fraction of sp³-hybridized carbons (Fsp3) is 0.579. The third-order valence-corrected chi connectivity index (χ3v) is 5.01. The maximum Gasteiger partial charge on any atom is 0.417 e. The number of hydrogen-bond donors (Lipinski definition) is 2. The summed E-state index contributed by atoms with van der Waals surface area (Å²) in [5.41, 5.74) is 0.617. The Morgan fingerprint density at radius 1 is 1.22 bits per heavy atom. The number of piperidine rings is 1. The van der Waals surface area contributed by atoms with Crippen LogP contribution in [0.1, 0.15) is 44.7 Å². The van der Waals surface area contributed by atoms with E-state index in [9.17, 15) is 24.6 Å². The molecule has 1 aromatic rings. The van der Waals surface area contributed by atoms with Crippen LogP contribution in [0.4, 0.5) is 9.59 Å². The molecule has 2 rings (SSSR count). The minimum absolute atomic E-state index is 0.0516. The largest absolute Gasteiger partial charge is 0.465 e. The van der Waals surface area contributed by atoms with Gasteiger partial charge in [-0.05, 0) is 43.7 Å². The predicted molar refractivity (Wildman–Crippen MR) is 98.4 cm³/mol. The molecule has 0 spiro atoms. The van der Waals surface area contributed by atoms with Crippen LogP contribution in [-0.2, 0) is 11.2 Å². The lowest BCUT2D eigenvalue weighted by Gasteiger charge is -2.30. The van der Waals surface area contributed by atoms with Crippen molar-refractivity contribution in [1.82, 2.24) is 14.8 Å². The number of carbonyl (C=O) groups excluding carboxylic acids is 1. The first kappa shape index (κ1) is 20.7. The Balaban J connectivity index is 1.95. The van der Waals surface area contributed by atoms with E-state index in [1.165, 1.54) is 0 Å². The topological polar surface area (TPSA) is 111 Å². The number of carboxylic acid groups (broad SMARTS) is 2. The van der Waals surface area contributed by atoms with E-state index in [1.807, 2.05) is 4.90 Å². The van der Waals surface area contributed by atoms with Gasteiger partial charge in [-0.3, -0.25) is 9.78 Å². The van der Waals surface area contributed by atoms with Crippen LogP contribution >= 0.6 is 0 Å². The summed E-state index contributed by atoms with van der Waals surface area (Å²) in [5.74, 6) is 0.687. The van der Waals surface area contributed by atoms with Gasteiger partial charge in [-0.1, -0.05) is 13.0 Å². The van der Waals surface area contributed by atoms with E-state index in [1.54, 1.807) is 24.4 Å². The van der Waals surface area contributed by atoms with Crippen molar-refractivity contribution >= 4 is 18.1 Å². The van der Waals surface area contributed by atoms with Crippen molar-refractivity contribution in [3.05, 3.63) is 30.1 Å². The third kappa shape index (κ3) is 6.23. The summed E-state index contributed by atoms with van der Waals surface area (Å²) in [5, 5.41) is 18.6. The Labute approximate surface area is 158 Å². The lowest BCUT2D eigenvalue weighted by atomic mass is 9.98. The second kappa shape index (κ2) is 9.89. The highest BCUT2D eigenvalue weighted by Crippen LogP contribution is 2.19. The van der Waals surface area contributed by atoms with Crippen LogP contribution in [0.2, 0.25) is 0 Å². The molecule has 0 radical (unpaired) electrons. The van der Waals surface area contributed by atoms with Crippen LogP contribution in [0.25, 0.3) is 0 Å². The van der Waals surface area contributed by atoms with Crippen molar-refractivity contribution in [1.29, 1.82) is 0 Å². The van der Waals surface area contributed by atoms with E-state index in [4.69, 9.17) is 0 Å². The summed E-state index contributed by atoms with van der Waals surface area (Å²) in [6.45, 7) is 3.69. The molecule has 2 heterocycles. The predicted octanol–water partition coefficient (Wildman–Crippen LogP) is 3.08. The van der Waals surface area contributed by atoms with Gasteiger partial charge in [0.25, 0.3) is 0 Å². The molecule has 2 N–H and O–H groups in total. The zero-order valence-corrected chi connectivity index (χ0v) is 15.6. The lowest BCUT2D eigenvalue weighted by molar-refractivity contribution is -0.132. The number of rotatable bonds is 7. The van der Waals surface area contributed by atoms with Gasteiger partial charge in [0, 0.05) is 37.8 Å². The van der Waals surface area contributed by atoms with E-state index >= 15 is 0 Å². The highest BCUT2D eigenvalue weighted by Gasteiger charge is 2.30. The van der Waals surface area contributed by atoms with Crippen LogP contribution in [0, 0.1) is 5.92 Å². The first-order valence-electron chi connectivity index (χ1n) is 9.31. The molecule has 0 bridgehead atoms. The molecule has 1 saturated heterocycles. The third-order valence-electron chi connectivity index (χ3n) is 5.01. The summed E-state index contributed by atoms with van der Waals surface area (Å²) < 4.78 is 0. The summed E-state index contributed by atoms with van der Waals surface area (Å²) in [6, 6.07) is 4.47. The first-order chi connectivity index (χ1) is 12.9. The monoisotopic (exact) mass is 377 g/mol. The summed E-state index contributed by atoms with van der Waals surface area (Å²) >= 11 is 0. The maximum absolute atomic E-state index is 12.3. The van der Waals surface area contributed by atoms with E-state index in [-0.39, 0.29) is 18.7 Å². The van der Waals surface area contributed by atoms with Crippen molar-refractivity contribution in [3.8, 4) is 0 Å². The maximum atomic E-state index is 12.3. The summed E-state index contributed by atoms with van der Waals surface area (Å²) in [4.78, 5) is 41.6. The smallest absolute Gasteiger partial charge is 0.417 e. The van der Waals surface area contributed by atoms with Crippen LogP contribution < -0.4 is 0 Å². The van der Waals surface area contributed by atoms with E-state index in [0.29, 0.717) is 29.4 Å².